The number of ether oxygens (including phenoxy) is 1. The summed E-state index contributed by atoms with van der Waals surface area (Å²) in [6, 6.07) is 9.67. The highest BCUT2D eigenvalue weighted by Gasteiger charge is 2.26. The average Bonchev–Trinajstić information content (AvgIpc) is 2.80. The first kappa shape index (κ1) is 16.9. The molecule has 1 aromatic carbocycles. The number of rotatable bonds is 4. The second-order valence-corrected chi connectivity index (χ2v) is 6.41. The Morgan fingerprint density at radius 3 is 2.96 bits per heavy atom. The number of hydrogen-bond acceptors (Lipinski definition) is 4. The lowest BCUT2D eigenvalue weighted by Crippen LogP contribution is -2.50. The van der Waals surface area contributed by atoms with Crippen molar-refractivity contribution in [3.63, 3.8) is 0 Å². The van der Waals surface area contributed by atoms with Gasteiger partial charge in [-0.15, -0.1) is 0 Å². The Kier molecular flexibility index (Phi) is 5.82. The van der Waals surface area contributed by atoms with E-state index in [2.05, 4.69) is 15.5 Å². The molecule has 2 aliphatic heterocycles. The van der Waals surface area contributed by atoms with Crippen LogP contribution in [0.4, 0.5) is 0 Å². The van der Waals surface area contributed by atoms with Crippen LogP contribution in [-0.2, 0) is 14.3 Å². The van der Waals surface area contributed by atoms with Crippen LogP contribution in [0.15, 0.2) is 30.3 Å². The molecule has 0 aromatic heterocycles. The molecule has 0 spiro atoms. The third-order valence-electron chi connectivity index (χ3n) is 4.56. The fraction of sp³-hybridized carbons (Fsp3) is 0.556. The van der Waals surface area contributed by atoms with Crippen LogP contribution in [0.3, 0.4) is 0 Å². The van der Waals surface area contributed by atoms with Crippen molar-refractivity contribution in [1.29, 1.82) is 0 Å². The lowest BCUT2D eigenvalue weighted by atomic mass is 10.1. The zero-order chi connectivity index (χ0) is 16.8. The van der Waals surface area contributed by atoms with Crippen molar-refractivity contribution in [2.24, 2.45) is 0 Å². The molecule has 2 amide bonds. The second kappa shape index (κ2) is 8.26. The zero-order valence-corrected chi connectivity index (χ0v) is 13.9. The van der Waals surface area contributed by atoms with Gasteiger partial charge in [-0.25, -0.2) is 0 Å². The topological polar surface area (TPSA) is 70.7 Å². The van der Waals surface area contributed by atoms with Gasteiger partial charge in [-0.3, -0.25) is 14.5 Å². The Labute approximate surface area is 142 Å². The van der Waals surface area contributed by atoms with E-state index in [9.17, 15) is 9.59 Å². The Balaban J connectivity index is 1.51. The average molecular weight is 331 g/mol. The monoisotopic (exact) mass is 331 g/mol. The molecule has 24 heavy (non-hydrogen) atoms. The molecule has 0 radical (unpaired) electrons. The van der Waals surface area contributed by atoms with Gasteiger partial charge in [0.2, 0.25) is 11.8 Å². The molecule has 0 aliphatic carbocycles. The number of morpholine rings is 1. The molecule has 2 atom stereocenters. The summed E-state index contributed by atoms with van der Waals surface area (Å²) < 4.78 is 5.82. The maximum atomic E-state index is 12.3. The lowest BCUT2D eigenvalue weighted by Gasteiger charge is -2.33. The van der Waals surface area contributed by atoms with Gasteiger partial charge in [0.05, 0.1) is 19.3 Å². The standard InChI is InChI=1S/C18H25N3O3/c22-17(20-15-8-4-5-9-19-18(15)23)13-21-10-11-24-16(12-21)14-6-2-1-3-7-14/h1-3,6-7,15-16H,4-5,8-13H2,(H,19,23)(H,20,22)/t15-,16+/m0/s1. The third kappa shape index (κ3) is 4.55. The summed E-state index contributed by atoms with van der Waals surface area (Å²) in [5.74, 6) is -0.157. The lowest BCUT2D eigenvalue weighted by molar-refractivity contribution is -0.130. The Morgan fingerprint density at radius 1 is 1.29 bits per heavy atom. The van der Waals surface area contributed by atoms with Gasteiger partial charge in [-0.1, -0.05) is 30.3 Å². The fourth-order valence-electron chi connectivity index (χ4n) is 3.24. The Bertz CT molecular complexity index is 564. The minimum Gasteiger partial charge on any atom is -0.371 e. The molecule has 2 N–H and O–H groups in total. The van der Waals surface area contributed by atoms with Crippen LogP contribution in [0.1, 0.15) is 30.9 Å². The van der Waals surface area contributed by atoms with E-state index in [0.29, 0.717) is 32.7 Å². The molecule has 0 unspecified atom stereocenters. The van der Waals surface area contributed by atoms with Crippen molar-refractivity contribution in [1.82, 2.24) is 15.5 Å². The highest BCUT2D eigenvalue weighted by Crippen LogP contribution is 2.21. The molecule has 130 valence electrons. The van der Waals surface area contributed by atoms with Crippen molar-refractivity contribution in [3.05, 3.63) is 35.9 Å². The SMILES string of the molecule is O=C(CN1CCO[C@@H](c2ccccc2)C1)N[C@H]1CCCCNC1=O. The number of hydrogen-bond donors (Lipinski definition) is 2. The zero-order valence-electron chi connectivity index (χ0n) is 13.9. The Hall–Kier alpha value is -1.92. The normalized spacial score (nSPS) is 25.6. The van der Waals surface area contributed by atoms with Crippen molar-refractivity contribution < 1.29 is 14.3 Å². The molecule has 2 fully saturated rings. The first-order chi connectivity index (χ1) is 11.7. The van der Waals surface area contributed by atoms with E-state index in [1.165, 1.54) is 0 Å². The summed E-state index contributed by atoms with van der Waals surface area (Å²) in [6.45, 7) is 3.03. The largest absolute Gasteiger partial charge is 0.371 e. The predicted molar refractivity (Wildman–Crippen MR) is 90.4 cm³/mol. The minimum absolute atomic E-state index is 0.00562. The van der Waals surface area contributed by atoms with Crippen molar-refractivity contribution in [2.75, 3.05) is 32.8 Å². The van der Waals surface area contributed by atoms with E-state index < -0.39 is 6.04 Å². The molecule has 2 aliphatic rings. The highest BCUT2D eigenvalue weighted by atomic mass is 16.5. The van der Waals surface area contributed by atoms with E-state index in [4.69, 9.17) is 4.74 Å². The maximum Gasteiger partial charge on any atom is 0.242 e. The van der Waals surface area contributed by atoms with Gasteiger partial charge in [-0.05, 0) is 24.8 Å². The van der Waals surface area contributed by atoms with Crippen LogP contribution in [0.5, 0.6) is 0 Å². The van der Waals surface area contributed by atoms with Crippen molar-refractivity contribution in [3.8, 4) is 0 Å². The molecule has 2 saturated heterocycles. The molecule has 3 rings (SSSR count). The molecule has 2 heterocycles. The number of carbonyl (C=O) groups excluding carboxylic acids is 2. The minimum atomic E-state index is -0.397. The fourth-order valence-corrected chi connectivity index (χ4v) is 3.24. The third-order valence-corrected chi connectivity index (χ3v) is 4.56. The first-order valence-electron chi connectivity index (χ1n) is 8.68. The summed E-state index contributed by atoms with van der Waals surface area (Å²) >= 11 is 0. The van der Waals surface area contributed by atoms with Crippen LogP contribution in [0.2, 0.25) is 0 Å². The van der Waals surface area contributed by atoms with Crippen LogP contribution in [-0.4, -0.2) is 55.5 Å². The quantitative estimate of drug-likeness (QED) is 0.858. The molecule has 6 heteroatoms. The first-order valence-corrected chi connectivity index (χ1v) is 8.68. The van der Waals surface area contributed by atoms with Gasteiger partial charge in [-0.2, -0.15) is 0 Å². The molecular formula is C18H25N3O3. The smallest absolute Gasteiger partial charge is 0.242 e. The number of carbonyl (C=O) groups is 2. The van der Waals surface area contributed by atoms with Gasteiger partial charge in [0.15, 0.2) is 0 Å². The summed E-state index contributed by atoms with van der Waals surface area (Å²) in [5, 5.41) is 5.72. The predicted octanol–water partition coefficient (Wildman–Crippen LogP) is 0.845. The van der Waals surface area contributed by atoms with Crippen LogP contribution in [0, 0.1) is 0 Å². The van der Waals surface area contributed by atoms with E-state index in [1.807, 2.05) is 30.3 Å². The van der Waals surface area contributed by atoms with Crippen LogP contribution < -0.4 is 10.6 Å². The summed E-state index contributed by atoms with van der Waals surface area (Å²) in [4.78, 5) is 26.3. The highest BCUT2D eigenvalue weighted by molar-refractivity contribution is 5.88. The van der Waals surface area contributed by atoms with Gasteiger partial charge in [0.25, 0.3) is 0 Å². The number of amides is 2. The maximum absolute atomic E-state index is 12.3. The van der Waals surface area contributed by atoms with Crippen molar-refractivity contribution >= 4 is 11.8 Å². The molecular weight excluding hydrogens is 306 g/mol. The van der Waals surface area contributed by atoms with Crippen LogP contribution in [0.25, 0.3) is 0 Å². The van der Waals surface area contributed by atoms with E-state index in [1.54, 1.807) is 0 Å². The van der Waals surface area contributed by atoms with E-state index >= 15 is 0 Å². The van der Waals surface area contributed by atoms with Gasteiger partial charge < -0.3 is 15.4 Å². The molecule has 0 saturated carbocycles. The number of nitrogens with zero attached hydrogens (tertiary/aromatic N) is 1. The van der Waals surface area contributed by atoms with Crippen molar-refractivity contribution in [2.45, 2.75) is 31.4 Å². The summed E-state index contributed by atoms with van der Waals surface area (Å²) in [6.07, 6.45) is 2.64. The van der Waals surface area contributed by atoms with E-state index in [0.717, 1.165) is 24.9 Å². The Morgan fingerprint density at radius 2 is 2.12 bits per heavy atom. The molecule has 0 bridgehead atoms. The van der Waals surface area contributed by atoms with Gasteiger partial charge in [0.1, 0.15) is 6.04 Å². The summed E-state index contributed by atoms with van der Waals surface area (Å²) in [7, 11) is 0. The number of nitrogens with one attached hydrogen (secondary N) is 2. The number of benzene rings is 1. The van der Waals surface area contributed by atoms with Gasteiger partial charge in [0, 0.05) is 19.6 Å². The van der Waals surface area contributed by atoms with E-state index in [-0.39, 0.29) is 17.9 Å². The summed E-state index contributed by atoms with van der Waals surface area (Å²) in [5.41, 5.74) is 1.13. The molecule has 1 aromatic rings. The molecule has 6 nitrogen and oxygen atoms in total. The van der Waals surface area contributed by atoms with Crippen LogP contribution >= 0.6 is 0 Å². The van der Waals surface area contributed by atoms with Gasteiger partial charge >= 0.3 is 0 Å². The second-order valence-electron chi connectivity index (χ2n) is 6.41.